The minimum absolute atomic E-state index is 0.433. The Bertz CT molecular complexity index is 289. The summed E-state index contributed by atoms with van der Waals surface area (Å²) >= 11 is 1.53. The molecular weight excluding hydrogens is 212 g/mol. The number of anilines is 1. The SMILES string of the molecule is CCN(CCOC)c1ncc(C(C)O)s1. The third-order valence-corrected chi connectivity index (χ3v) is 3.37. The summed E-state index contributed by atoms with van der Waals surface area (Å²) in [4.78, 5) is 7.33. The minimum atomic E-state index is -0.433. The molecule has 0 bridgehead atoms. The van der Waals surface area contributed by atoms with Crippen LogP contribution in [-0.4, -0.2) is 36.9 Å². The number of methoxy groups -OCH3 is 1. The van der Waals surface area contributed by atoms with E-state index < -0.39 is 6.10 Å². The lowest BCUT2D eigenvalue weighted by Gasteiger charge is -2.18. The molecule has 1 rings (SSSR count). The molecule has 15 heavy (non-hydrogen) atoms. The Kier molecular flexibility index (Phi) is 5.01. The molecule has 4 nitrogen and oxygen atoms in total. The van der Waals surface area contributed by atoms with Crippen molar-refractivity contribution in [2.75, 3.05) is 31.7 Å². The standard InChI is InChI=1S/C10H18N2O2S/c1-4-12(5-6-14-3)10-11-7-9(15-10)8(2)13/h7-8,13H,4-6H2,1-3H3. The first-order valence-corrected chi connectivity index (χ1v) is 5.88. The van der Waals surface area contributed by atoms with Crippen molar-refractivity contribution in [3.63, 3.8) is 0 Å². The van der Waals surface area contributed by atoms with Crippen LogP contribution in [0.3, 0.4) is 0 Å². The van der Waals surface area contributed by atoms with Gasteiger partial charge in [0, 0.05) is 26.4 Å². The summed E-state index contributed by atoms with van der Waals surface area (Å²) < 4.78 is 5.04. The summed E-state index contributed by atoms with van der Waals surface area (Å²) in [6, 6.07) is 0. The molecule has 1 atom stereocenters. The predicted octanol–water partition coefficient (Wildman–Crippen LogP) is 1.67. The molecule has 0 aliphatic carbocycles. The van der Waals surface area contributed by atoms with Crippen molar-refractivity contribution in [3.8, 4) is 0 Å². The summed E-state index contributed by atoms with van der Waals surface area (Å²) in [5.41, 5.74) is 0. The monoisotopic (exact) mass is 230 g/mol. The van der Waals surface area contributed by atoms with Crippen LogP contribution in [-0.2, 0) is 4.74 Å². The molecule has 1 aromatic rings. The van der Waals surface area contributed by atoms with Crippen molar-refractivity contribution in [2.24, 2.45) is 0 Å². The summed E-state index contributed by atoms with van der Waals surface area (Å²) in [7, 11) is 1.69. The maximum absolute atomic E-state index is 9.39. The summed E-state index contributed by atoms with van der Waals surface area (Å²) in [6.45, 7) is 6.26. The highest BCUT2D eigenvalue weighted by Gasteiger charge is 2.11. The number of rotatable bonds is 6. The minimum Gasteiger partial charge on any atom is -0.388 e. The molecule has 0 spiro atoms. The number of hydrogen-bond acceptors (Lipinski definition) is 5. The van der Waals surface area contributed by atoms with E-state index in [1.165, 1.54) is 11.3 Å². The number of nitrogens with zero attached hydrogens (tertiary/aromatic N) is 2. The molecule has 0 amide bonds. The molecule has 0 fully saturated rings. The van der Waals surface area contributed by atoms with Gasteiger partial charge in [-0.2, -0.15) is 0 Å². The average Bonchev–Trinajstić information content (AvgIpc) is 2.68. The van der Waals surface area contributed by atoms with Crippen LogP contribution in [0.25, 0.3) is 0 Å². The third-order valence-electron chi connectivity index (χ3n) is 2.14. The van der Waals surface area contributed by atoms with Gasteiger partial charge in [0.1, 0.15) is 0 Å². The number of ether oxygens (including phenoxy) is 1. The lowest BCUT2D eigenvalue weighted by atomic mass is 10.4. The van der Waals surface area contributed by atoms with Crippen LogP contribution in [0.5, 0.6) is 0 Å². The Morgan fingerprint density at radius 3 is 2.87 bits per heavy atom. The van der Waals surface area contributed by atoms with Crippen LogP contribution in [0.2, 0.25) is 0 Å². The van der Waals surface area contributed by atoms with E-state index in [1.54, 1.807) is 20.2 Å². The molecule has 0 aliphatic rings. The first kappa shape index (κ1) is 12.4. The first-order valence-electron chi connectivity index (χ1n) is 5.06. The Hall–Kier alpha value is -0.650. The number of aromatic nitrogens is 1. The topological polar surface area (TPSA) is 45.6 Å². The van der Waals surface area contributed by atoms with Crippen molar-refractivity contribution < 1.29 is 9.84 Å². The van der Waals surface area contributed by atoms with Crippen LogP contribution in [0.1, 0.15) is 24.8 Å². The Morgan fingerprint density at radius 1 is 1.67 bits per heavy atom. The van der Waals surface area contributed by atoms with Gasteiger partial charge < -0.3 is 14.7 Å². The van der Waals surface area contributed by atoms with E-state index in [9.17, 15) is 5.11 Å². The predicted molar refractivity (Wildman–Crippen MR) is 62.5 cm³/mol. The van der Waals surface area contributed by atoms with Crippen molar-refractivity contribution in [3.05, 3.63) is 11.1 Å². The van der Waals surface area contributed by atoms with Gasteiger partial charge in [-0.15, -0.1) is 0 Å². The second-order valence-electron chi connectivity index (χ2n) is 3.29. The number of hydrogen-bond donors (Lipinski definition) is 1. The van der Waals surface area contributed by atoms with Crippen LogP contribution in [0.15, 0.2) is 6.20 Å². The van der Waals surface area contributed by atoms with Crippen LogP contribution in [0, 0.1) is 0 Å². The molecule has 1 heterocycles. The van der Waals surface area contributed by atoms with Crippen LogP contribution >= 0.6 is 11.3 Å². The van der Waals surface area contributed by atoms with Gasteiger partial charge in [0.2, 0.25) is 0 Å². The molecule has 0 radical (unpaired) electrons. The van der Waals surface area contributed by atoms with Crippen LogP contribution in [0.4, 0.5) is 5.13 Å². The van der Waals surface area contributed by atoms with Crippen molar-refractivity contribution in [1.82, 2.24) is 4.98 Å². The highest BCUT2D eigenvalue weighted by atomic mass is 32.1. The van der Waals surface area contributed by atoms with Crippen molar-refractivity contribution >= 4 is 16.5 Å². The van der Waals surface area contributed by atoms with Gasteiger partial charge >= 0.3 is 0 Å². The fourth-order valence-corrected chi connectivity index (χ4v) is 2.15. The Balaban J connectivity index is 2.65. The molecular formula is C10H18N2O2S. The maximum atomic E-state index is 9.39. The molecule has 0 aliphatic heterocycles. The van der Waals surface area contributed by atoms with E-state index in [2.05, 4.69) is 16.8 Å². The number of thiazole rings is 1. The largest absolute Gasteiger partial charge is 0.388 e. The van der Waals surface area contributed by atoms with Crippen LogP contribution < -0.4 is 4.90 Å². The van der Waals surface area contributed by atoms with E-state index in [-0.39, 0.29) is 0 Å². The van der Waals surface area contributed by atoms with E-state index in [1.807, 2.05) is 0 Å². The molecule has 86 valence electrons. The molecule has 1 aromatic heterocycles. The Morgan fingerprint density at radius 2 is 2.40 bits per heavy atom. The fraction of sp³-hybridized carbons (Fsp3) is 0.700. The van der Waals surface area contributed by atoms with Gasteiger partial charge in [0.05, 0.1) is 17.6 Å². The molecule has 1 N–H and O–H groups in total. The quantitative estimate of drug-likeness (QED) is 0.807. The highest BCUT2D eigenvalue weighted by molar-refractivity contribution is 7.15. The number of aliphatic hydroxyl groups is 1. The average molecular weight is 230 g/mol. The normalized spacial score (nSPS) is 12.8. The molecule has 0 saturated carbocycles. The van der Waals surface area contributed by atoms with E-state index in [0.29, 0.717) is 6.61 Å². The maximum Gasteiger partial charge on any atom is 0.185 e. The number of likely N-dealkylation sites (N-methyl/N-ethyl adjacent to an activating group) is 1. The van der Waals surface area contributed by atoms with E-state index in [0.717, 1.165) is 23.1 Å². The van der Waals surface area contributed by atoms with E-state index >= 15 is 0 Å². The highest BCUT2D eigenvalue weighted by Crippen LogP contribution is 2.26. The fourth-order valence-electron chi connectivity index (χ4n) is 1.21. The second kappa shape index (κ2) is 6.05. The third kappa shape index (κ3) is 3.44. The summed E-state index contributed by atoms with van der Waals surface area (Å²) in [5, 5.41) is 10.3. The number of aliphatic hydroxyl groups excluding tert-OH is 1. The lowest BCUT2D eigenvalue weighted by Crippen LogP contribution is -2.26. The van der Waals surface area contributed by atoms with Crippen molar-refractivity contribution in [2.45, 2.75) is 20.0 Å². The smallest absolute Gasteiger partial charge is 0.185 e. The second-order valence-corrected chi connectivity index (χ2v) is 4.33. The molecule has 1 unspecified atom stereocenters. The van der Waals surface area contributed by atoms with E-state index in [4.69, 9.17) is 4.74 Å². The van der Waals surface area contributed by atoms with Crippen molar-refractivity contribution in [1.29, 1.82) is 0 Å². The summed E-state index contributed by atoms with van der Waals surface area (Å²) in [6.07, 6.45) is 1.30. The van der Waals surface area contributed by atoms with Gasteiger partial charge in [0.15, 0.2) is 5.13 Å². The van der Waals surface area contributed by atoms with Gasteiger partial charge in [-0.25, -0.2) is 4.98 Å². The van der Waals surface area contributed by atoms with Gasteiger partial charge in [-0.3, -0.25) is 0 Å². The van der Waals surface area contributed by atoms with Gasteiger partial charge in [-0.1, -0.05) is 11.3 Å². The molecule has 0 aromatic carbocycles. The molecule has 0 saturated heterocycles. The van der Waals surface area contributed by atoms with Gasteiger partial charge in [0.25, 0.3) is 0 Å². The summed E-state index contributed by atoms with van der Waals surface area (Å²) in [5.74, 6) is 0. The molecule has 5 heteroatoms. The zero-order valence-corrected chi connectivity index (χ0v) is 10.3. The zero-order valence-electron chi connectivity index (χ0n) is 9.43. The Labute approximate surface area is 94.5 Å². The first-order chi connectivity index (χ1) is 7.19. The zero-order chi connectivity index (χ0) is 11.3. The lowest BCUT2D eigenvalue weighted by molar-refractivity contribution is 0.203. The van der Waals surface area contributed by atoms with Gasteiger partial charge in [-0.05, 0) is 13.8 Å².